The first-order valence-electron chi connectivity index (χ1n) is 19.5. The van der Waals surface area contributed by atoms with E-state index < -0.39 is 0 Å². The molecule has 3 saturated carbocycles. The third kappa shape index (κ3) is 6.89. The van der Waals surface area contributed by atoms with Crippen LogP contribution in [0.1, 0.15) is 71.1 Å². The van der Waals surface area contributed by atoms with Crippen molar-refractivity contribution < 1.29 is 14.3 Å². The summed E-state index contributed by atoms with van der Waals surface area (Å²) in [6.45, 7) is 15.1. The Morgan fingerprint density at radius 1 is 1.09 bits per heavy atom. The molecule has 4 fully saturated rings. The van der Waals surface area contributed by atoms with Crippen molar-refractivity contribution in [2.45, 2.75) is 96.3 Å². The van der Waals surface area contributed by atoms with E-state index in [4.69, 9.17) is 4.74 Å². The fourth-order valence-corrected chi connectivity index (χ4v) is 11.6. The molecule has 2 aromatic carbocycles. The number of carbonyl (C=O) groups is 2. The molecule has 0 aromatic heterocycles. The van der Waals surface area contributed by atoms with Gasteiger partial charge in [-0.05, 0) is 87.7 Å². The van der Waals surface area contributed by atoms with Crippen molar-refractivity contribution in [3.63, 3.8) is 0 Å². The second-order valence-corrected chi connectivity index (χ2v) is 19.4. The molecular formula is C44H59N5O3S. The van der Waals surface area contributed by atoms with E-state index in [-0.39, 0.29) is 46.6 Å². The Morgan fingerprint density at radius 2 is 1.87 bits per heavy atom. The summed E-state index contributed by atoms with van der Waals surface area (Å²) in [5.74, 6) is 3.60. The van der Waals surface area contributed by atoms with Crippen molar-refractivity contribution in [1.82, 2.24) is 20.4 Å². The molecule has 8 rings (SSSR count). The molecule has 1 saturated heterocycles. The van der Waals surface area contributed by atoms with Crippen molar-refractivity contribution in [1.29, 1.82) is 0 Å². The average molecular weight is 738 g/mol. The lowest BCUT2D eigenvalue weighted by Crippen LogP contribution is -2.63. The first kappa shape index (κ1) is 37.8. The molecule has 2 unspecified atom stereocenters. The van der Waals surface area contributed by atoms with Crippen molar-refractivity contribution in [3.8, 4) is 5.75 Å². The second kappa shape index (κ2) is 14.3. The Balaban J connectivity index is 1.12. The van der Waals surface area contributed by atoms with Gasteiger partial charge in [0.25, 0.3) is 5.91 Å². The number of hydrogen-bond donors (Lipinski definition) is 2. The van der Waals surface area contributed by atoms with Gasteiger partial charge in [-0.2, -0.15) is 0 Å². The summed E-state index contributed by atoms with van der Waals surface area (Å²) in [7, 11) is 7.93. The Kier molecular flexibility index (Phi) is 10.2. The molecule has 8 nitrogen and oxygen atoms in total. The van der Waals surface area contributed by atoms with Gasteiger partial charge in [0.1, 0.15) is 11.8 Å². The summed E-state index contributed by atoms with van der Waals surface area (Å²) in [6, 6.07) is 16.6. The molecule has 2 amide bonds. The minimum atomic E-state index is -0.259. The summed E-state index contributed by atoms with van der Waals surface area (Å²) >= 11 is 1.85. The highest BCUT2D eigenvalue weighted by atomic mass is 32.2. The first-order valence-corrected chi connectivity index (χ1v) is 20.5. The number of rotatable bonds is 9. The minimum Gasteiger partial charge on any atom is -0.496 e. The number of hydrogen-bond acceptors (Lipinski definition) is 7. The SMILES string of the molecule is COc1c(CN2CSC(C)(C)[C@H]2C(=O)N[C@H]2C[C@H]3C[C@@H]([C@@H]2C)C3(C)C)cccc1C1=CC(C(=O)N[C@H]2Cc3c#cccc3N(C)C2)=CC(N(C)C)C1C. The van der Waals surface area contributed by atoms with Crippen LogP contribution in [-0.2, 0) is 22.6 Å². The van der Waals surface area contributed by atoms with Crippen LogP contribution in [0.4, 0.5) is 5.69 Å². The van der Waals surface area contributed by atoms with Gasteiger partial charge in [0.2, 0.25) is 5.91 Å². The molecule has 0 spiro atoms. The number of carbonyl (C=O) groups excluding carboxylic acids is 2. The van der Waals surface area contributed by atoms with Gasteiger partial charge in [0.15, 0.2) is 0 Å². The number of nitrogens with zero attached hydrogens (tertiary/aromatic N) is 3. The zero-order valence-corrected chi connectivity index (χ0v) is 34.2. The van der Waals surface area contributed by atoms with Crippen molar-refractivity contribution in [2.75, 3.05) is 45.6 Å². The highest BCUT2D eigenvalue weighted by molar-refractivity contribution is 8.00. The van der Waals surface area contributed by atoms with Gasteiger partial charge in [0.05, 0.1) is 13.2 Å². The van der Waals surface area contributed by atoms with E-state index in [1.54, 1.807) is 7.11 Å². The Labute approximate surface area is 322 Å². The van der Waals surface area contributed by atoms with Crippen LogP contribution in [0.2, 0.25) is 0 Å². The molecule has 2 bridgehead atoms. The fraction of sp³-hybridized carbons (Fsp3) is 0.591. The number of likely N-dealkylation sites (N-methyl/N-ethyl adjacent to an activating group) is 2. The van der Waals surface area contributed by atoms with Gasteiger partial charge in [0, 0.05) is 83.1 Å². The van der Waals surface area contributed by atoms with Gasteiger partial charge in [-0.15, -0.1) is 11.8 Å². The van der Waals surface area contributed by atoms with Gasteiger partial charge >= 0.3 is 0 Å². The lowest BCUT2D eigenvalue weighted by Gasteiger charge is -2.62. The zero-order chi connectivity index (χ0) is 38.0. The van der Waals surface area contributed by atoms with Crippen LogP contribution in [0.15, 0.2) is 48.1 Å². The van der Waals surface area contributed by atoms with Gasteiger partial charge in [-0.25, -0.2) is 0 Å². The zero-order valence-electron chi connectivity index (χ0n) is 33.4. The van der Waals surface area contributed by atoms with Crippen LogP contribution in [0.3, 0.4) is 0 Å². The summed E-state index contributed by atoms with van der Waals surface area (Å²) in [4.78, 5) is 34.9. The van der Waals surface area contributed by atoms with Crippen molar-refractivity contribution in [3.05, 3.63) is 76.9 Å². The van der Waals surface area contributed by atoms with Crippen LogP contribution in [0.25, 0.3) is 5.57 Å². The Morgan fingerprint density at radius 3 is 2.57 bits per heavy atom. The van der Waals surface area contributed by atoms with E-state index in [2.05, 4.69) is 137 Å². The maximum atomic E-state index is 14.2. The number of fused-ring (bicyclic) bond motifs is 3. The molecule has 0 radical (unpaired) electrons. The summed E-state index contributed by atoms with van der Waals surface area (Å²) in [5.41, 5.74) is 6.36. The third-order valence-corrected chi connectivity index (χ3v) is 15.0. The molecule has 2 aliphatic heterocycles. The average Bonchev–Trinajstić information content (AvgIpc) is 3.41. The van der Waals surface area contributed by atoms with Crippen LogP contribution < -0.4 is 20.3 Å². The molecular weight excluding hydrogens is 679 g/mol. The lowest BCUT2D eigenvalue weighted by atomic mass is 9.45. The van der Waals surface area contributed by atoms with E-state index in [0.717, 1.165) is 59.0 Å². The standard InChI is InChI=1S/C44H59N5O3S/c1-26-34(19-30(20-38(26)47(7)8)41(50)45-32-18-28-14-11-12-17-37(28)48(9)24-32)33-16-13-15-29(39(33)52-10)23-49-25-53-44(5,6)40(49)42(51)46-36-22-31-21-35(27(36)2)43(31,3)4/h12-13,15-17,19-20,26-27,31-32,35-36,38,40H,18,21-25H2,1-10H3,(H,45,50)(H,46,51)/t26?,27-,31+,32-,35-,36-,38?,40+/m0/s1. The topological polar surface area (TPSA) is 77.1 Å². The Bertz CT molecular complexity index is 1800. The summed E-state index contributed by atoms with van der Waals surface area (Å²) in [6.07, 6.45) is 7.25. The number of nitrogens with one attached hydrogen (secondary N) is 2. The predicted molar refractivity (Wildman–Crippen MR) is 216 cm³/mol. The highest BCUT2D eigenvalue weighted by Gasteiger charge is 2.57. The number of anilines is 1. The summed E-state index contributed by atoms with van der Waals surface area (Å²) in [5, 5.41) is 6.89. The van der Waals surface area contributed by atoms with E-state index in [9.17, 15) is 9.59 Å². The van der Waals surface area contributed by atoms with Crippen LogP contribution >= 0.6 is 11.8 Å². The van der Waals surface area contributed by atoms with E-state index in [0.29, 0.717) is 35.3 Å². The maximum absolute atomic E-state index is 14.2. The van der Waals surface area contributed by atoms with Gasteiger partial charge in [-0.1, -0.05) is 64.1 Å². The molecule has 9 heteroatoms. The van der Waals surface area contributed by atoms with Crippen molar-refractivity contribution in [2.24, 2.45) is 29.1 Å². The normalized spacial score (nSPS) is 31.4. The largest absolute Gasteiger partial charge is 0.496 e. The molecule has 53 heavy (non-hydrogen) atoms. The molecule has 2 heterocycles. The van der Waals surface area contributed by atoms with Crippen LogP contribution in [-0.4, -0.2) is 91.2 Å². The van der Waals surface area contributed by atoms with Crippen LogP contribution in [0.5, 0.6) is 5.75 Å². The summed E-state index contributed by atoms with van der Waals surface area (Å²) < 4.78 is 6.02. The van der Waals surface area contributed by atoms with Crippen LogP contribution in [0, 0.1) is 41.2 Å². The smallest absolute Gasteiger partial charge is 0.251 e. The number of methoxy groups -OCH3 is 1. The monoisotopic (exact) mass is 737 g/mol. The van der Waals surface area contributed by atoms with Crippen molar-refractivity contribution >= 4 is 34.8 Å². The number of amides is 2. The third-order valence-electron chi connectivity index (χ3n) is 13.6. The van der Waals surface area contributed by atoms with Gasteiger partial charge in [-0.3, -0.25) is 14.5 Å². The molecule has 284 valence electrons. The second-order valence-electron chi connectivity index (χ2n) is 17.8. The number of thioether (sulfide) groups is 1. The Hall–Kier alpha value is -3.45. The molecule has 2 aromatic rings. The minimum absolute atomic E-state index is 0.0180. The number of benzene rings is 1. The first-order chi connectivity index (χ1) is 25.1. The lowest BCUT2D eigenvalue weighted by molar-refractivity contribution is -0.138. The predicted octanol–water partition coefficient (Wildman–Crippen LogP) is 6.20. The molecule has 8 atom stereocenters. The molecule has 6 aliphatic rings. The molecule has 4 aliphatic carbocycles. The number of ether oxygens (including phenoxy) is 1. The highest BCUT2D eigenvalue weighted by Crippen LogP contribution is 2.61. The maximum Gasteiger partial charge on any atom is 0.251 e. The fourth-order valence-electron chi connectivity index (χ4n) is 10.4. The van der Waals surface area contributed by atoms with E-state index >= 15 is 0 Å². The quantitative estimate of drug-likeness (QED) is 0.318. The van der Waals surface area contributed by atoms with E-state index in [1.807, 2.05) is 17.8 Å². The molecule has 2 N–H and O–H groups in total. The number of para-hydroxylation sites is 1. The van der Waals surface area contributed by atoms with E-state index in [1.165, 1.54) is 6.42 Å². The van der Waals surface area contributed by atoms with Gasteiger partial charge < -0.3 is 25.2 Å².